The van der Waals surface area contributed by atoms with E-state index in [9.17, 15) is 14.7 Å². The summed E-state index contributed by atoms with van der Waals surface area (Å²) in [5, 5.41) is 12.0. The number of carbonyl (C=O) groups is 2. The molecule has 22 heavy (non-hydrogen) atoms. The average Bonchev–Trinajstić information content (AvgIpc) is 2.54. The molecular weight excluding hydrogens is 306 g/mol. The number of ether oxygens (including phenoxy) is 2. The Bertz CT molecular complexity index is 542. The highest BCUT2D eigenvalue weighted by Crippen LogP contribution is 2.27. The monoisotopic (exact) mass is 325 g/mol. The van der Waals surface area contributed by atoms with Gasteiger partial charge in [-0.15, -0.1) is 0 Å². The fraction of sp³-hybridized carbons (Fsp3) is 0.467. The van der Waals surface area contributed by atoms with E-state index in [1.165, 1.54) is 0 Å². The van der Waals surface area contributed by atoms with Crippen molar-refractivity contribution in [1.82, 2.24) is 5.32 Å². The highest BCUT2D eigenvalue weighted by molar-refractivity contribution is 7.99. The molecule has 0 atom stereocenters. The zero-order valence-corrected chi connectivity index (χ0v) is 13.1. The van der Waals surface area contributed by atoms with Crippen LogP contribution in [0.3, 0.4) is 0 Å². The molecule has 1 fully saturated rings. The molecule has 0 aromatic heterocycles. The summed E-state index contributed by atoms with van der Waals surface area (Å²) in [6.45, 7) is -0.227. The maximum Gasteiger partial charge on any atom is 0.329 e. The van der Waals surface area contributed by atoms with E-state index in [2.05, 4.69) is 5.32 Å². The molecule has 7 heteroatoms. The topological polar surface area (TPSA) is 84.9 Å². The summed E-state index contributed by atoms with van der Waals surface area (Å²) in [6, 6.07) is 6.90. The van der Waals surface area contributed by atoms with Crippen LogP contribution in [0.25, 0.3) is 0 Å². The van der Waals surface area contributed by atoms with Gasteiger partial charge in [0.1, 0.15) is 17.0 Å². The number of aliphatic carboxylic acids is 1. The summed E-state index contributed by atoms with van der Waals surface area (Å²) in [5.74, 6) is 1.16. The van der Waals surface area contributed by atoms with Gasteiger partial charge in [0, 0.05) is 6.07 Å². The summed E-state index contributed by atoms with van der Waals surface area (Å²) in [4.78, 5) is 23.5. The molecule has 1 heterocycles. The third-order valence-corrected chi connectivity index (χ3v) is 4.53. The smallest absolute Gasteiger partial charge is 0.329 e. The van der Waals surface area contributed by atoms with Crippen molar-refractivity contribution in [2.24, 2.45) is 0 Å². The summed E-state index contributed by atoms with van der Waals surface area (Å²) < 4.78 is 10.5. The van der Waals surface area contributed by atoms with Crippen LogP contribution in [0.15, 0.2) is 24.3 Å². The van der Waals surface area contributed by atoms with Gasteiger partial charge < -0.3 is 19.9 Å². The lowest BCUT2D eigenvalue weighted by Crippen LogP contribution is -2.57. The minimum atomic E-state index is -1.17. The highest BCUT2D eigenvalue weighted by atomic mass is 32.2. The van der Waals surface area contributed by atoms with Crippen molar-refractivity contribution >= 4 is 23.6 Å². The third-order valence-electron chi connectivity index (χ3n) is 3.55. The SMILES string of the molecule is COc1cccc(OCC(=O)NC2(C(=O)O)CCSCC2)c1. The lowest BCUT2D eigenvalue weighted by molar-refractivity contribution is -0.148. The summed E-state index contributed by atoms with van der Waals surface area (Å²) in [5.41, 5.74) is -1.17. The molecule has 2 rings (SSSR count). The van der Waals surface area contributed by atoms with E-state index in [0.29, 0.717) is 24.3 Å². The Balaban J connectivity index is 1.92. The molecule has 0 bridgehead atoms. The fourth-order valence-electron chi connectivity index (χ4n) is 2.26. The maximum atomic E-state index is 12.0. The molecule has 1 amide bonds. The zero-order chi connectivity index (χ0) is 16.0. The van der Waals surface area contributed by atoms with E-state index in [4.69, 9.17) is 9.47 Å². The van der Waals surface area contributed by atoms with Gasteiger partial charge in [0.25, 0.3) is 5.91 Å². The van der Waals surface area contributed by atoms with Crippen LogP contribution in [0.5, 0.6) is 11.5 Å². The van der Waals surface area contributed by atoms with Crippen LogP contribution in [0.4, 0.5) is 0 Å². The summed E-state index contributed by atoms with van der Waals surface area (Å²) >= 11 is 1.70. The van der Waals surface area contributed by atoms with Crippen molar-refractivity contribution < 1.29 is 24.2 Å². The maximum absolute atomic E-state index is 12.0. The fourth-order valence-corrected chi connectivity index (χ4v) is 3.44. The van der Waals surface area contributed by atoms with Gasteiger partial charge >= 0.3 is 5.97 Å². The second-order valence-corrected chi connectivity index (χ2v) is 6.24. The van der Waals surface area contributed by atoms with Crippen LogP contribution in [-0.2, 0) is 9.59 Å². The minimum Gasteiger partial charge on any atom is -0.497 e. The van der Waals surface area contributed by atoms with E-state index in [1.54, 1.807) is 43.1 Å². The first kappa shape index (κ1) is 16.5. The number of hydrogen-bond acceptors (Lipinski definition) is 5. The molecule has 2 N–H and O–H groups in total. The van der Waals surface area contributed by atoms with Crippen molar-refractivity contribution in [2.75, 3.05) is 25.2 Å². The van der Waals surface area contributed by atoms with E-state index in [-0.39, 0.29) is 6.61 Å². The van der Waals surface area contributed by atoms with Crippen LogP contribution in [0, 0.1) is 0 Å². The number of rotatable bonds is 6. The predicted molar refractivity (Wildman–Crippen MR) is 83.6 cm³/mol. The van der Waals surface area contributed by atoms with Crippen molar-refractivity contribution in [3.05, 3.63) is 24.3 Å². The van der Waals surface area contributed by atoms with E-state index in [1.807, 2.05) is 0 Å². The zero-order valence-electron chi connectivity index (χ0n) is 12.3. The number of carbonyl (C=O) groups excluding carboxylic acids is 1. The van der Waals surface area contributed by atoms with Crippen LogP contribution in [0.2, 0.25) is 0 Å². The van der Waals surface area contributed by atoms with Gasteiger partial charge in [-0.25, -0.2) is 4.79 Å². The normalized spacial score (nSPS) is 16.6. The Labute approximate surface area is 133 Å². The number of thioether (sulfide) groups is 1. The van der Waals surface area contributed by atoms with Gasteiger partial charge in [-0.2, -0.15) is 11.8 Å². The van der Waals surface area contributed by atoms with E-state index >= 15 is 0 Å². The molecule has 0 aliphatic carbocycles. The second kappa shape index (κ2) is 7.40. The first-order valence-electron chi connectivity index (χ1n) is 6.95. The Hall–Kier alpha value is -1.89. The standard InChI is InChI=1S/C15H19NO5S/c1-20-11-3-2-4-12(9-11)21-10-13(17)16-15(14(18)19)5-7-22-8-6-15/h2-4,9H,5-8,10H2,1H3,(H,16,17)(H,18,19). The number of hydrogen-bond donors (Lipinski definition) is 2. The van der Waals surface area contributed by atoms with Gasteiger partial charge in [-0.05, 0) is 36.5 Å². The largest absolute Gasteiger partial charge is 0.497 e. The summed E-state index contributed by atoms with van der Waals surface area (Å²) in [7, 11) is 1.55. The minimum absolute atomic E-state index is 0.227. The molecule has 1 aliphatic rings. The Kier molecular flexibility index (Phi) is 5.54. The molecule has 6 nitrogen and oxygen atoms in total. The Morgan fingerprint density at radius 3 is 2.64 bits per heavy atom. The summed E-state index contributed by atoms with van der Waals surface area (Å²) in [6.07, 6.45) is 0.857. The third kappa shape index (κ3) is 4.07. The molecule has 0 unspecified atom stereocenters. The van der Waals surface area contributed by atoms with Gasteiger partial charge in [0.15, 0.2) is 6.61 Å². The van der Waals surface area contributed by atoms with Crippen molar-refractivity contribution in [1.29, 1.82) is 0 Å². The average molecular weight is 325 g/mol. The van der Waals surface area contributed by atoms with Gasteiger partial charge in [0.05, 0.1) is 7.11 Å². The molecule has 1 saturated heterocycles. The number of carboxylic acid groups (broad SMARTS) is 1. The second-order valence-electron chi connectivity index (χ2n) is 5.02. The van der Waals surface area contributed by atoms with E-state index < -0.39 is 17.4 Å². The lowest BCUT2D eigenvalue weighted by atomic mass is 9.92. The van der Waals surface area contributed by atoms with Crippen molar-refractivity contribution in [2.45, 2.75) is 18.4 Å². The van der Waals surface area contributed by atoms with Gasteiger partial charge in [-0.1, -0.05) is 6.07 Å². The Morgan fingerprint density at radius 1 is 1.32 bits per heavy atom. The quantitative estimate of drug-likeness (QED) is 0.825. The van der Waals surface area contributed by atoms with Crippen LogP contribution in [0.1, 0.15) is 12.8 Å². The molecule has 0 spiro atoms. The van der Waals surface area contributed by atoms with Gasteiger partial charge in [0.2, 0.25) is 0 Å². The molecule has 1 aromatic rings. The molecule has 0 saturated carbocycles. The van der Waals surface area contributed by atoms with Crippen molar-refractivity contribution in [3.63, 3.8) is 0 Å². The molecule has 1 aromatic carbocycles. The van der Waals surface area contributed by atoms with Crippen LogP contribution < -0.4 is 14.8 Å². The lowest BCUT2D eigenvalue weighted by Gasteiger charge is -2.33. The van der Waals surface area contributed by atoms with Gasteiger partial charge in [-0.3, -0.25) is 4.79 Å². The molecule has 120 valence electrons. The predicted octanol–water partition coefficient (Wildman–Crippen LogP) is 1.54. The number of amides is 1. The van der Waals surface area contributed by atoms with Crippen molar-refractivity contribution in [3.8, 4) is 11.5 Å². The molecule has 0 radical (unpaired) electrons. The first-order chi connectivity index (χ1) is 10.6. The highest BCUT2D eigenvalue weighted by Gasteiger charge is 2.41. The van der Waals surface area contributed by atoms with E-state index in [0.717, 1.165) is 11.5 Å². The molecule has 1 aliphatic heterocycles. The van der Waals surface area contributed by atoms with Crippen LogP contribution in [-0.4, -0.2) is 47.7 Å². The number of methoxy groups -OCH3 is 1. The number of benzene rings is 1. The van der Waals surface area contributed by atoms with Crippen LogP contribution >= 0.6 is 11.8 Å². The number of nitrogens with one attached hydrogen (secondary N) is 1. The first-order valence-corrected chi connectivity index (χ1v) is 8.10. The Morgan fingerprint density at radius 2 is 2.00 bits per heavy atom. The number of carboxylic acids is 1. The molecular formula is C15H19NO5S.